The Morgan fingerprint density at radius 2 is 2.07 bits per heavy atom. The standard InChI is InChI=1S/C22H36O5/c1-13-7-9-17(14(2)8-10-18(24)21(4,5)25)20(27-15(3)23)19-16(13)11-12-22(19,6)26/h11-12,14,16-20,24-26H,1,7-10H2,2-6H3. The second-order valence-corrected chi connectivity index (χ2v) is 9.30. The van der Waals surface area contributed by atoms with E-state index in [0.29, 0.717) is 12.8 Å². The minimum atomic E-state index is -1.14. The molecule has 0 amide bonds. The van der Waals surface area contributed by atoms with Gasteiger partial charge in [-0.1, -0.05) is 31.2 Å². The smallest absolute Gasteiger partial charge is 0.302 e. The summed E-state index contributed by atoms with van der Waals surface area (Å²) in [5, 5.41) is 31.1. The summed E-state index contributed by atoms with van der Waals surface area (Å²) in [6.45, 7) is 12.7. The van der Waals surface area contributed by atoms with Gasteiger partial charge < -0.3 is 20.1 Å². The highest BCUT2D eigenvalue weighted by Crippen LogP contribution is 2.49. The Morgan fingerprint density at radius 1 is 1.44 bits per heavy atom. The number of aliphatic hydroxyl groups excluding tert-OH is 1. The molecule has 5 heteroatoms. The lowest BCUT2D eigenvalue weighted by molar-refractivity contribution is -0.160. The van der Waals surface area contributed by atoms with Crippen molar-refractivity contribution in [2.45, 2.75) is 83.7 Å². The first kappa shape index (κ1) is 22.1. The molecule has 7 atom stereocenters. The van der Waals surface area contributed by atoms with E-state index in [1.54, 1.807) is 26.8 Å². The minimum Gasteiger partial charge on any atom is -0.462 e. The van der Waals surface area contributed by atoms with Gasteiger partial charge in [-0.25, -0.2) is 0 Å². The highest BCUT2D eigenvalue weighted by atomic mass is 16.5. The van der Waals surface area contributed by atoms with Crippen LogP contribution in [0.2, 0.25) is 0 Å². The number of carbonyl (C=O) groups is 1. The molecule has 1 saturated carbocycles. The number of carbonyl (C=O) groups excluding carboxylic acids is 1. The van der Waals surface area contributed by atoms with E-state index in [9.17, 15) is 20.1 Å². The molecule has 3 N–H and O–H groups in total. The van der Waals surface area contributed by atoms with E-state index in [0.717, 1.165) is 18.4 Å². The van der Waals surface area contributed by atoms with Crippen molar-refractivity contribution in [3.05, 3.63) is 24.3 Å². The van der Waals surface area contributed by atoms with Gasteiger partial charge in [-0.15, -0.1) is 0 Å². The molecule has 0 bridgehead atoms. The van der Waals surface area contributed by atoms with Crippen LogP contribution in [0, 0.1) is 23.7 Å². The van der Waals surface area contributed by atoms with Crippen LogP contribution >= 0.6 is 0 Å². The van der Waals surface area contributed by atoms with Crippen molar-refractivity contribution in [3.63, 3.8) is 0 Å². The molecule has 0 aromatic rings. The fourth-order valence-corrected chi connectivity index (χ4v) is 4.72. The van der Waals surface area contributed by atoms with Crippen LogP contribution in [-0.2, 0) is 9.53 Å². The fraction of sp³-hybridized carbons (Fsp3) is 0.773. The number of hydrogen-bond donors (Lipinski definition) is 3. The topological polar surface area (TPSA) is 87.0 Å². The molecule has 0 saturated heterocycles. The van der Waals surface area contributed by atoms with Gasteiger partial charge in [-0.2, -0.15) is 0 Å². The summed E-state index contributed by atoms with van der Waals surface area (Å²) in [4.78, 5) is 11.9. The molecule has 27 heavy (non-hydrogen) atoms. The molecule has 0 aromatic heterocycles. The van der Waals surface area contributed by atoms with Gasteiger partial charge in [0.15, 0.2) is 0 Å². The van der Waals surface area contributed by atoms with E-state index in [-0.39, 0.29) is 29.6 Å². The molecule has 1 fully saturated rings. The molecule has 0 aliphatic heterocycles. The number of fused-ring (bicyclic) bond motifs is 1. The van der Waals surface area contributed by atoms with E-state index in [1.807, 2.05) is 6.08 Å². The largest absolute Gasteiger partial charge is 0.462 e. The van der Waals surface area contributed by atoms with Crippen molar-refractivity contribution in [1.82, 2.24) is 0 Å². The van der Waals surface area contributed by atoms with Crippen LogP contribution in [0.25, 0.3) is 0 Å². The average Bonchev–Trinajstić information content (AvgIpc) is 2.77. The van der Waals surface area contributed by atoms with Crippen LogP contribution in [0.3, 0.4) is 0 Å². The van der Waals surface area contributed by atoms with Crippen LogP contribution in [0.5, 0.6) is 0 Å². The summed E-state index contributed by atoms with van der Waals surface area (Å²) < 4.78 is 5.78. The van der Waals surface area contributed by atoms with Crippen molar-refractivity contribution in [3.8, 4) is 0 Å². The summed E-state index contributed by atoms with van der Waals surface area (Å²) >= 11 is 0. The van der Waals surface area contributed by atoms with Crippen molar-refractivity contribution in [2.75, 3.05) is 0 Å². The van der Waals surface area contributed by atoms with Gasteiger partial charge >= 0.3 is 5.97 Å². The van der Waals surface area contributed by atoms with Gasteiger partial charge in [-0.05, 0) is 58.3 Å². The second-order valence-electron chi connectivity index (χ2n) is 9.30. The summed E-state index contributed by atoms with van der Waals surface area (Å²) in [7, 11) is 0. The molecule has 7 unspecified atom stereocenters. The van der Waals surface area contributed by atoms with Crippen LogP contribution in [-0.4, -0.2) is 44.7 Å². The van der Waals surface area contributed by atoms with Gasteiger partial charge in [0, 0.05) is 18.8 Å². The maximum absolute atomic E-state index is 11.9. The molecular weight excluding hydrogens is 344 g/mol. The molecular formula is C22H36O5. The number of ether oxygens (including phenoxy) is 1. The number of aliphatic hydroxyl groups is 3. The Labute approximate surface area is 163 Å². The molecule has 0 spiro atoms. The highest BCUT2D eigenvalue weighted by Gasteiger charge is 2.51. The number of hydrogen-bond acceptors (Lipinski definition) is 5. The first-order chi connectivity index (χ1) is 12.3. The molecule has 5 nitrogen and oxygen atoms in total. The fourth-order valence-electron chi connectivity index (χ4n) is 4.72. The van der Waals surface area contributed by atoms with Gasteiger partial charge in [0.05, 0.1) is 17.3 Å². The molecule has 0 radical (unpaired) electrons. The third-order valence-electron chi connectivity index (χ3n) is 6.49. The van der Waals surface area contributed by atoms with Crippen molar-refractivity contribution in [2.24, 2.45) is 23.7 Å². The Morgan fingerprint density at radius 3 is 2.63 bits per heavy atom. The van der Waals surface area contributed by atoms with Crippen LogP contribution in [0.4, 0.5) is 0 Å². The zero-order chi connectivity index (χ0) is 20.6. The van der Waals surface area contributed by atoms with Gasteiger partial charge in [0.1, 0.15) is 6.10 Å². The minimum absolute atomic E-state index is 0.00326. The highest BCUT2D eigenvalue weighted by molar-refractivity contribution is 5.66. The predicted octanol–water partition coefficient (Wildman–Crippen LogP) is 2.99. The van der Waals surface area contributed by atoms with E-state index >= 15 is 0 Å². The molecule has 2 aliphatic carbocycles. The number of allylic oxidation sites excluding steroid dienone is 2. The van der Waals surface area contributed by atoms with E-state index < -0.39 is 23.4 Å². The van der Waals surface area contributed by atoms with Gasteiger partial charge in [0.25, 0.3) is 0 Å². The van der Waals surface area contributed by atoms with E-state index in [1.165, 1.54) is 6.92 Å². The summed E-state index contributed by atoms with van der Waals surface area (Å²) in [5.41, 5.74) is -1.13. The van der Waals surface area contributed by atoms with Crippen molar-refractivity contribution < 1.29 is 24.9 Å². The maximum Gasteiger partial charge on any atom is 0.302 e. The molecule has 154 valence electrons. The summed E-state index contributed by atoms with van der Waals surface area (Å²) in [6.07, 6.45) is 5.40. The van der Waals surface area contributed by atoms with Gasteiger partial charge in [0.2, 0.25) is 0 Å². The number of rotatable bonds is 6. The van der Waals surface area contributed by atoms with Gasteiger partial charge in [-0.3, -0.25) is 4.79 Å². The quantitative estimate of drug-likeness (QED) is 0.487. The second kappa shape index (κ2) is 8.06. The number of esters is 1. The lowest BCUT2D eigenvalue weighted by atomic mass is 9.73. The molecule has 2 rings (SSSR count). The normalized spacial score (nSPS) is 36.1. The lowest BCUT2D eigenvalue weighted by Crippen LogP contribution is -2.47. The Bertz CT molecular complexity index is 586. The predicted molar refractivity (Wildman–Crippen MR) is 105 cm³/mol. The monoisotopic (exact) mass is 380 g/mol. The van der Waals surface area contributed by atoms with Crippen LogP contribution in [0.15, 0.2) is 24.3 Å². The molecule has 0 heterocycles. The Balaban J connectivity index is 2.24. The summed E-state index contributed by atoms with van der Waals surface area (Å²) in [5.74, 6) is -0.371. The first-order valence-corrected chi connectivity index (χ1v) is 10.0. The SMILES string of the molecule is C=C1CCC(C(C)CCC(O)C(C)(C)O)C(OC(C)=O)C2C1C=CC2(C)O. The average molecular weight is 381 g/mol. The maximum atomic E-state index is 11.9. The zero-order valence-corrected chi connectivity index (χ0v) is 17.3. The van der Waals surface area contributed by atoms with E-state index in [4.69, 9.17) is 4.74 Å². The lowest BCUT2D eigenvalue weighted by Gasteiger charge is -2.40. The summed E-state index contributed by atoms with van der Waals surface area (Å²) in [6, 6.07) is 0. The zero-order valence-electron chi connectivity index (χ0n) is 17.3. The Hall–Kier alpha value is -1.17. The van der Waals surface area contributed by atoms with Crippen molar-refractivity contribution >= 4 is 5.97 Å². The van der Waals surface area contributed by atoms with Crippen LogP contribution < -0.4 is 0 Å². The van der Waals surface area contributed by atoms with Crippen LogP contribution in [0.1, 0.15) is 60.3 Å². The molecule has 2 aliphatic rings. The van der Waals surface area contributed by atoms with E-state index in [2.05, 4.69) is 13.5 Å². The molecule has 0 aromatic carbocycles. The van der Waals surface area contributed by atoms with Crippen molar-refractivity contribution in [1.29, 1.82) is 0 Å². The third-order valence-corrected chi connectivity index (χ3v) is 6.49. The Kier molecular flexibility index (Phi) is 6.60. The first-order valence-electron chi connectivity index (χ1n) is 10.0. The third kappa shape index (κ3) is 5.01.